The molecule has 130 valence electrons. The van der Waals surface area contributed by atoms with Crippen LogP contribution in [0.2, 0.25) is 0 Å². The van der Waals surface area contributed by atoms with E-state index in [1.54, 1.807) is 11.2 Å². The molecule has 1 aromatic heterocycles. The van der Waals surface area contributed by atoms with Crippen LogP contribution < -0.4 is 11.3 Å². The van der Waals surface area contributed by atoms with E-state index in [0.717, 1.165) is 18.8 Å². The minimum absolute atomic E-state index is 0.0527. The van der Waals surface area contributed by atoms with Gasteiger partial charge in [0.2, 0.25) is 0 Å². The van der Waals surface area contributed by atoms with Crippen molar-refractivity contribution in [3.05, 3.63) is 12.2 Å². The van der Waals surface area contributed by atoms with Gasteiger partial charge in [-0.15, -0.1) is 0 Å². The molecule has 2 unspecified atom stereocenters. The number of hydrogen-bond acceptors (Lipinski definition) is 6. The number of aromatic nitrogens is 3. The van der Waals surface area contributed by atoms with Crippen LogP contribution >= 0.6 is 0 Å². The summed E-state index contributed by atoms with van der Waals surface area (Å²) in [5, 5.41) is 4.18. The highest BCUT2D eigenvalue weighted by Crippen LogP contribution is 2.23. The van der Waals surface area contributed by atoms with Crippen molar-refractivity contribution in [2.45, 2.75) is 58.7 Å². The molecule has 1 aliphatic heterocycles. The van der Waals surface area contributed by atoms with E-state index in [-0.39, 0.29) is 18.1 Å². The van der Waals surface area contributed by atoms with Gasteiger partial charge in [-0.3, -0.25) is 16.0 Å². The smallest absolute Gasteiger partial charge is 0.410 e. The Kier molecular flexibility index (Phi) is 5.59. The standard InChI is InChI=1S/C15H28N6O2/c1-5-21-13(17-10-18-21)8-12(19-16)11-6-7-20(9-11)14(22)23-15(2,3)4/h10-12,19H,5-9,16H2,1-4H3. The zero-order valence-corrected chi connectivity index (χ0v) is 14.5. The summed E-state index contributed by atoms with van der Waals surface area (Å²) in [4.78, 5) is 18.2. The molecule has 2 rings (SSSR count). The molecular weight excluding hydrogens is 296 g/mol. The Morgan fingerprint density at radius 1 is 1.57 bits per heavy atom. The number of hydrogen-bond donors (Lipinski definition) is 2. The van der Waals surface area contributed by atoms with Gasteiger partial charge < -0.3 is 9.64 Å². The van der Waals surface area contributed by atoms with Crippen molar-refractivity contribution in [2.75, 3.05) is 13.1 Å². The van der Waals surface area contributed by atoms with Crippen molar-refractivity contribution in [3.8, 4) is 0 Å². The van der Waals surface area contributed by atoms with Crippen molar-refractivity contribution in [3.63, 3.8) is 0 Å². The fourth-order valence-corrected chi connectivity index (χ4v) is 2.88. The predicted molar refractivity (Wildman–Crippen MR) is 86.4 cm³/mol. The zero-order chi connectivity index (χ0) is 17.0. The molecule has 0 radical (unpaired) electrons. The number of aryl methyl sites for hydroxylation is 1. The normalized spacial score (nSPS) is 19.9. The molecule has 1 amide bonds. The molecule has 0 bridgehead atoms. The Labute approximate surface area is 137 Å². The Morgan fingerprint density at radius 3 is 2.91 bits per heavy atom. The number of nitrogens with zero attached hydrogens (tertiary/aromatic N) is 4. The zero-order valence-electron chi connectivity index (χ0n) is 14.5. The third-order valence-electron chi connectivity index (χ3n) is 4.06. The van der Waals surface area contributed by atoms with Crippen molar-refractivity contribution in [2.24, 2.45) is 11.8 Å². The first kappa shape index (κ1) is 17.7. The molecule has 1 saturated heterocycles. The van der Waals surface area contributed by atoms with Crippen LogP contribution in [-0.4, -0.2) is 50.5 Å². The lowest BCUT2D eigenvalue weighted by atomic mass is 9.96. The molecule has 8 heteroatoms. The topological polar surface area (TPSA) is 98.3 Å². The van der Waals surface area contributed by atoms with Gasteiger partial charge >= 0.3 is 6.09 Å². The monoisotopic (exact) mass is 324 g/mol. The molecule has 0 spiro atoms. The highest BCUT2D eigenvalue weighted by atomic mass is 16.6. The summed E-state index contributed by atoms with van der Waals surface area (Å²) in [6.45, 7) is 9.77. The average molecular weight is 324 g/mol. The van der Waals surface area contributed by atoms with Crippen LogP contribution in [0.4, 0.5) is 4.79 Å². The number of ether oxygens (including phenoxy) is 1. The summed E-state index contributed by atoms with van der Waals surface area (Å²) in [5.74, 6) is 6.92. The molecular formula is C15H28N6O2. The molecule has 1 aliphatic rings. The number of nitrogens with one attached hydrogen (secondary N) is 1. The first-order chi connectivity index (χ1) is 10.8. The second-order valence-electron chi connectivity index (χ2n) is 6.94. The van der Waals surface area contributed by atoms with Crippen molar-refractivity contribution >= 4 is 6.09 Å². The maximum absolute atomic E-state index is 12.2. The molecule has 2 heterocycles. The Morgan fingerprint density at radius 2 is 2.30 bits per heavy atom. The Hall–Kier alpha value is -1.67. The number of amides is 1. The van der Waals surface area contributed by atoms with Gasteiger partial charge in [-0.2, -0.15) is 5.10 Å². The minimum atomic E-state index is -0.474. The Balaban J connectivity index is 1.94. The molecule has 2 atom stereocenters. The molecule has 8 nitrogen and oxygen atoms in total. The SMILES string of the molecule is CCn1ncnc1CC(NN)C1CCN(C(=O)OC(C)(C)C)C1. The second-order valence-corrected chi connectivity index (χ2v) is 6.94. The molecule has 0 aromatic carbocycles. The fraction of sp³-hybridized carbons (Fsp3) is 0.800. The number of likely N-dealkylation sites (tertiary alicyclic amines) is 1. The Bertz CT molecular complexity index is 524. The molecule has 0 aliphatic carbocycles. The molecule has 0 saturated carbocycles. The first-order valence-electron chi connectivity index (χ1n) is 8.14. The summed E-state index contributed by atoms with van der Waals surface area (Å²) in [6, 6.07) is 0.0527. The second kappa shape index (κ2) is 7.27. The van der Waals surface area contributed by atoms with Crippen LogP contribution in [0, 0.1) is 5.92 Å². The maximum Gasteiger partial charge on any atom is 0.410 e. The van der Waals surface area contributed by atoms with Gasteiger partial charge in [0.05, 0.1) is 0 Å². The van der Waals surface area contributed by atoms with Crippen LogP contribution in [0.5, 0.6) is 0 Å². The van der Waals surface area contributed by atoms with Crippen molar-refractivity contribution in [1.82, 2.24) is 25.1 Å². The largest absolute Gasteiger partial charge is 0.444 e. The van der Waals surface area contributed by atoms with Crippen molar-refractivity contribution in [1.29, 1.82) is 0 Å². The summed E-state index contributed by atoms with van der Waals surface area (Å²) in [5.41, 5.74) is 2.41. The van der Waals surface area contributed by atoms with Crippen LogP contribution in [0.25, 0.3) is 0 Å². The van der Waals surface area contributed by atoms with E-state index in [9.17, 15) is 4.79 Å². The summed E-state index contributed by atoms with van der Waals surface area (Å²) >= 11 is 0. The third-order valence-corrected chi connectivity index (χ3v) is 4.06. The maximum atomic E-state index is 12.2. The first-order valence-corrected chi connectivity index (χ1v) is 8.14. The van der Waals surface area contributed by atoms with E-state index in [4.69, 9.17) is 10.6 Å². The van der Waals surface area contributed by atoms with Gasteiger partial charge in [0.15, 0.2) is 0 Å². The van der Waals surface area contributed by atoms with Gasteiger partial charge in [-0.25, -0.2) is 9.78 Å². The van der Waals surface area contributed by atoms with Gasteiger partial charge in [0.25, 0.3) is 0 Å². The highest BCUT2D eigenvalue weighted by Gasteiger charge is 2.34. The summed E-state index contributed by atoms with van der Waals surface area (Å²) in [7, 11) is 0. The average Bonchev–Trinajstić information content (AvgIpc) is 3.11. The van der Waals surface area contributed by atoms with Crippen LogP contribution in [0.15, 0.2) is 6.33 Å². The van der Waals surface area contributed by atoms with Crippen LogP contribution in [-0.2, 0) is 17.7 Å². The van der Waals surface area contributed by atoms with Crippen molar-refractivity contribution < 1.29 is 9.53 Å². The summed E-state index contributed by atoms with van der Waals surface area (Å²) in [6.07, 6.45) is 2.90. The molecule has 23 heavy (non-hydrogen) atoms. The lowest BCUT2D eigenvalue weighted by Gasteiger charge is -2.26. The molecule has 1 aromatic rings. The summed E-state index contributed by atoms with van der Waals surface area (Å²) < 4.78 is 7.30. The van der Waals surface area contributed by atoms with E-state index >= 15 is 0 Å². The number of rotatable bonds is 5. The molecule has 1 fully saturated rings. The quantitative estimate of drug-likeness (QED) is 0.617. The van der Waals surface area contributed by atoms with Gasteiger partial charge in [0, 0.05) is 32.1 Å². The van der Waals surface area contributed by atoms with E-state index in [1.807, 2.05) is 32.4 Å². The minimum Gasteiger partial charge on any atom is -0.444 e. The van der Waals surface area contributed by atoms with Crippen LogP contribution in [0.3, 0.4) is 0 Å². The number of carbonyl (C=O) groups excluding carboxylic acids is 1. The lowest BCUT2D eigenvalue weighted by Crippen LogP contribution is -2.44. The molecule has 3 N–H and O–H groups in total. The number of hydrazine groups is 1. The van der Waals surface area contributed by atoms with E-state index < -0.39 is 5.60 Å². The van der Waals surface area contributed by atoms with E-state index in [1.165, 1.54) is 0 Å². The predicted octanol–water partition coefficient (Wildman–Crippen LogP) is 0.929. The third kappa shape index (κ3) is 4.65. The van der Waals surface area contributed by atoms with Gasteiger partial charge in [-0.1, -0.05) is 0 Å². The fourth-order valence-electron chi connectivity index (χ4n) is 2.88. The van der Waals surface area contributed by atoms with Gasteiger partial charge in [0.1, 0.15) is 17.8 Å². The van der Waals surface area contributed by atoms with E-state index in [2.05, 4.69) is 15.5 Å². The van der Waals surface area contributed by atoms with E-state index in [0.29, 0.717) is 19.5 Å². The number of carbonyl (C=O) groups is 1. The van der Waals surface area contributed by atoms with Crippen LogP contribution in [0.1, 0.15) is 39.9 Å². The lowest BCUT2D eigenvalue weighted by molar-refractivity contribution is 0.0285. The highest BCUT2D eigenvalue weighted by molar-refractivity contribution is 5.68. The van der Waals surface area contributed by atoms with Gasteiger partial charge in [-0.05, 0) is 40.0 Å². The number of nitrogens with two attached hydrogens (primary N) is 1.